The van der Waals surface area contributed by atoms with Gasteiger partial charge in [-0.2, -0.15) is 0 Å². The van der Waals surface area contributed by atoms with Gasteiger partial charge in [0.25, 0.3) is 0 Å². The maximum absolute atomic E-state index is 6.26. The fourth-order valence-corrected chi connectivity index (χ4v) is 3.37. The van der Waals surface area contributed by atoms with Crippen molar-refractivity contribution >= 4 is 17.6 Å². The zero-order valence-corrected chi connectivity index (χ0v) is 16.5. The summed E-state index contributed by atoms with van der Waals surface area (Å²) in [6.07, 6.45) is 2.60. The van der Waals surface area contributed by atoms with Crippen LogP contribution in [0, 0.1) is 0 Å². The monoisotopic (exact) mass is 383 g/mol. The lowest BCUT2D eigenvalue weighted by Gasteiger charge is -2.37. The molecule has 0 aromatic heterocycles. The van der Waals surface area contributed by atoms with Crippen LogP contribution in [0.15, 0.2) is 23.2 Å². The van der Waals surface area contributed by atoms with Gasteiger partial charge in [-0.15, -0.1) is 0 Å². The predicted octanol–water partition coefficient (Wildman–Crippen LogP) is 2.73. The molecule has 0 bridgehead atoms. The summed E-state index contributed by atoms with van der Waals surface area (Å²) in [4.78, 5) is 4.61. The Labute approximate surface area is 161 Å². The van der Waals surface area contributed by atoms with Gasteiger partial charge < -0.3 is 25.3 Å². The molecule has 0 spiro atoms. The summed E-state index contributed by atoms with van der Waals surface area (Å²) in [7, 11) is 1.68. The van der Waals surface area contributed by atoms with Gasteiger partial charge in [0, 0.05) is 49.0 Å². The van der Waals surface area contributed by atoms with E-state index in [2.05, 4.69) is 10.3 Å². The molecule has 146 valence electrons. The summed E-state index contributed by atoms with van der Waals surface area (Å²) in [6.45, 7) is 6.12. The Morgan fingerprint density at radius 2 is 2.15 bits per heavy atom. The first kappa shape index (κ1) is 20.8. The molecule has 0 radical (unpaired) electrons. The van der Waals surface area contributed by atoms with Crippen molar-refractivity contribution < 1.29 is 14.2 Å². The molecule has 1 fully saturated rings. The van der Waals surface area contributed by atoms with Gasteiger partial charge in [-0.1, -0.05) is 11.6 Å². The van der Waals surface area contributed by atoms with Crippen LogP contribution in [0.25, 0.3) is 0 Å². The molecule has 0 unspecified atom stereocenters. The van der Waals surface area contributed by atoms with Crippen molar-refractivity contribution in [3.8, 4) is 5.75 Å². The van der Waals surface area contributed by atoms with Crippen LogP contribution in [0.3, 0.4) is 0 Å². The second-order valence-corrected chi connectivity index (χ2v) is 6.85. The van der Waals surface area contributed by atoms with Crippen molar-refractivity contribution in [1.29, 1.82) is 0 Å². The first-order valence-electron chi connectivity index (χ1n) is 9.14. The number of ether oxygens (including phenoxy) is 3. The molecular formula is C19H30ClN3O3. The number of nitrogens with one attached hydrogen (secondary N) is 1. The average Bonchev–Trinajstić information content (AvgIpc) is 2.67. The fraction of sp³-hybridized carbons (Fsp3) is 0.632. The molecule has 1 aliphatic rings. The summed E-state index contributed by atoms with van der Waals surface area (Å²) in [5.74, 6) is 1.28. The minimum atomic E-state index is -0.188. The van der Waals surface area contributed by atoms with E-state index in [1.165, 1.54) is 0 Å². The Hall–Kier alpha value is -1.50. The molecule has 26 heavy (non-hydrogen) atoms. The Kier molecular flexibility index (Phi) is 8.48. The molecular weight excluding hydrogens is 354 g/mol. The van der Waals surface area contributed by atoms with Gasteiger partial charge in [0.15, 0.2) is 5.96 Å². The van der Waals surface area contributed by atoms with Gasteiger partial charge in [-0.25, -0.2) is 0 Å². The highest BCUT2D eigenvalue weighted by Gasteiger charge is 2.37. The van der Waals surface area contributed by atoms with Crippen LogP contribution >= 0.6 is 11.6 Å². The molecule has 6 nitrogen and oxygen atoms in total. The van der Waals surface area contributed by atoms with Gasteiger partial charge >= 0.3 is 0 Å². The number of halogens is 1. The molecule has 0 amide bonds. The largest absolute Gasteiger partial charge is 0.496 e. The minimum absolute atomic E-state index is 0.188. The standard InChI is InChI=1S/C19H30ClN3O3/c1-3-25-10-4-9-22-18(21)23-14-19(7-11-26-12-8-19)16-13-15(20)5-6-17(16)24-2/h5-6,13H,3-4,7-12,14H2,1-2H3,(H3,21,22,23). The SMILES string of the molecule is CCOCCCNC(N)=NCC1(c2cc(Cl)ccc2OC)CCOCC1. The minimum Gasteiger partial charge on any atom is -0.496 e. The highest BCUT2D eigenvalue weighted by molar-refractivity contribution is 6.30. The maximum Gasteiger partial charge on any atom is 0.188 e. The molecule has 3 N–H and O–H groups in total. The van der Waals surface area contributed by atoms with Crippen LogP contribution in [-0.2, 0) is 14.9 Å². The van der Waals surface area contributed by atoms with E-state index in [0.29, 0.717) is 30.7 Å². The number of methoxy groups -OCH3 is 1. The van der Waals surface area contributed by atoms with Crippen LogP contribution in [0.4, 0.5) is 0 Å². The van der Waals surface area contributed by atoms with E-state index in [1.54, 1.807) is 7.11 Å². The molecule has 1 aliphatic heterocycles. The summed E-state index contributed by atoms with van der Waals surface area (Å²) in [5, 5.41) is 3.84. The number of guanidine groups is 1. The third-order valence-electron chi connectivity index (χ3n) is 4.71. The number of nitrogens with two attached hydrogens (primary N) is 1. The molecule has 1 heterocycles. The third kappa shape index (κ3) is 5.76. The van der Waals surface area contributed by atoms with Gasteiger partial charge in [-0.05, 0) is 44.4 Å². The Morgan fingerprint density at radius 3 is 2.85 bits per heavy atom. The second kappa shape index (κ2) is 10.6. The Bertz CT molecular complexity index is 589. The van der Waals surface area contributed by atoms with Crippen molar-refractivity contribution in [2.75, 3.05) is 46.6 Å². The van der Waals surface area contributed by atoms with Crippen LogP contribution in [0.5, 0.6) is 5.75 Å². The maximum atomic E-state index is 6.26. The van der Waals surface area contributed by atoms with Crippen molar-refractivity contribution in [3.05, 3.63) is 28.8 Å². The molecule has 0 atom stereocenters. The molecule has 0 saturated carbocycles. The summed E-state index contributed by atoms with van der Waals surface area (Å²) in [5.41, 5.74) is 6.94. The third-order valence-corrected chi connectivity index (χ3v) is 4.95. The van der Waals surface area contributed by atoms with Crippen molar-refractivity contribution in [2.45, 2.75) is 31.6 Å². The van der Waals surface area contributed by atoms with Crippen LogP contribution in [-0.4, -0.2) is 52.6 Å². The summed E-state index contributed by atoms with van der Waals surface area (Å²) < 4.78 is 16.5. The summed E-state index contributed by atoms with van der Waals surface area (Å²) in [6, 6.07) is 5.73. The van der Waals surface area contributed by atoms with Gasteiger partial charge in [0.05, 0.1) is 13.7 Å². The fourth-order valence-electron chi connectivity index (χ4n) is 3.20. The van der Waals surface area contributed by atoms with Gasteiger partial charge in [0.2, 0.25) is 0 Å². The number of aliphatic imine (C=N–C) groups is 1. The van der Waals surface area contributed by atoms with E-state index in [4.69, 9.17) is 31.5 Å². The molecule has 0 aliphatic carbocycles. The second-order valence-electron chi connectivity index (χ2n) is 6.42. The van der Waals surface area contributed by atoms with E-state index in [-0.39, 0.29) is 5.41 Å². The lowest BCUT2D eigenvalue weighted by atomic mass is 9.73. The number of hydrogen-bond donors (Lipinski definition) is 2. The van der Waals surface area contributed by atoms with E-state index < -0.39 is 0 Å². The van der Waals surface area contributed by atoms with Crippen LogP contribution in [0.2, 0.25) is 5.02 Å². The van der Waals surface area contributed by atoms with Crippen molar-refractivity contribution in [1.82, 2.24) is 5.32 Å². The first-order valence-corrected chi connectivity index (χ1v) is 9.52. The summed E-state index contributed by atoms with van der Waals surface area (Å²) >= 11 is 6.26. The Balaban J connectivity index is 2.10. The lowest BCUT2D eigenvalue weighted by Crippen LogP contribution is -2.39. The topological polar surface area (TPSA) is 78.1 Å². The van der Waals surface area contributed by atoms with E-state index in [9.17, 15) is 0 Å². The molecule has 1 aromatic carbocycles. The molecule has 1 saturated heterocycles. The zero-order valence-electron chi connectivity index (χ0n) is 15.7. The molecule has 7 heteroatoms. The van der Waals surface area contributed by atoms with E-state index >= 15 is 0 Å². The normalized spacial score (nSPS) is 17.1. The Morgan fingerprint density at radius 1 is 1.38 bits per heavy atom. The van der Waals surface area contributed by atoms with Gasteiger partial charge in [-0.3, -0.25) is 4.99 Å². The molecule has 2 rings (SSSR count). The van der Waals surface area contributed by atoms with Crippen molar-refractivity contribution in [3.63, 3.8) is 0 Å². The quantitative estimate of drug-likeness (QED) is 0.389. The highest BCUT2D eigenvalue weighted by Crippen LogP contribution is 2.41. The van der Waals surface area contributed by atoms with Gasteiger partial charge in [0.1, 0.15) is 5.75 Å². The highest BCUT2D eigenvalue weighted by atomic mass is 35.5. The van der Waals surface area contributed by atoms with E-state index in [1.807, 2.05) is 25.1 Å². The van der Waals surface area contributed by atoms with E-state index in [0.717, 1.165) is 50.3 Å². The zero-order chi connectivity index (χ0) is 18.8. The smallest absolute Gasteiger partial charge is 0.188 e. The number of hydrogen-bond acceptors (Lipinski definition) is 4. The number of nitrogens with zero attached hydrogens (tertiary/aromatic N) is 1. The average molecular weight is 384 g/mol. The number of rotatable bonds is 9. The van der Waals surface area contributed by atoms with Crippen LogP contribution < -0.4 is 15.8 Å². The predicted molar refractivity (Wildman–Crippen MR) is 105 cm³/mol. The van der Waals surface area contributed by atoms with Crippen molar-refractivity contribution in [2.24, 2.45) is 10.7 Å². The number of benzene rings is 1. The molecule has 1 aromatic rings. The lowest BCUT2D eigenvalue weighted by molar-refractivity contribution is 0.0523. The van der Waals surface area contributed by atoms with Crippen LogP contribution in [0.1, 0.15) is 31.7 Å². The first-order chi connectivity index (χ1) is 12.6.